The summed E-state index contributed by atoms with van der Waals surface area (Å²) in [5.74, 6) is -3.20. The SMILES string of the molecule is CC(C)CN(C)C(=O)c1cc(F)c(F)cc1[N+](=O)[O-]. The van der Waals surface area contributed by atoms with E-state index in [0.717, 1.165) is 0 Å². The van der Waals surface area contributed by atoms with Crippen LogP contribution in [0.5, 0.6) is 0 Å². The highest BCUT2D eigenvalue weighted by molar-refractivity contribution is 5.98. The number of nitro benzene ring substituents is 1. The molecule has 1 amide bonds. The first kappa shape index (κ1) is 15.0. The molecule has 0 radical (unpaired) electrons. The average Bonchev–Trinajstić information content (AvgIpc) is 2.29. The molecule has 0 spiro atoms. The molecule has 0 heterocycles. The minimum absolute atomic E-state index is 0.151. The maximum Gasteiger partial charge on any atom is 0.285 e. The van der Waals surface area contributed by atoms with Crippen molar-refractivity contribution >= 4 is 11.6 Å². The number of hydrogen-bond donors (Lipinski definition) is 0. The molecule has 0 saturated heterocycles. The van der Waals surface area contributed by atoms with Gasteiger partial charge in [-0.15, -0.1) is 0 Å². The fraction of sp³-hybridized carbons (Fsp3) is 0.417. The van der Waals surface area contributed by atoms with Gasteiger partial charge in [-0.2, -0.15) is 0 Å². The van der Waals surface area contributed by atoms with Crippen LogP contribution in [0.25, 0.3) is 0 Å². The summed E-state index contributed by atoms with van der Waals surface area (Å²) < 4.78 is 26.1. The molecule has 19 heavy (non-hydrogen) atoms. The summed E-state index contributed by atoms with van der Waals surface area (Å²) in [5.41, 5.74) is -1.19. The number of benzene rings is 1. The Bertz CT molecular complexity index is 518. The Morgan fingerprint density at radius 1 is 1.37 bits per heavy atom. The van der Waals surface area contributed by atoms with Gasteiger partial charge in [-0.3, -0.25) is 14.9 Å². The van der Waals surface area contributed by atoms with Crippen molar-refractivity contribution in [2.75, 3.05) is 13.6 Å². The molecule has 104 valence electrons. The van der Waals surface area contributed by atoms with E-state index in [4.69, 9.17) is 0 Å². The normalized spacial score (nSPS) is 10.6. The van der Waals surface area contributed by atoms with Gasteiger partial charge in [-0.05, 0) is 12.0 Å². The minimum Gasteiger partial charge on any atom is -0.341 e. The third kappa shape index (κ3) is 3.46. The van der Waals surface area contributed by atoms with Crippen molar-refractivity contribution in [3.05, 3.63) is 39.4 Å². The Morgan fingerprint density at radius 3 is 2.37 bits per heavy atom. The topological polar surface area (TPSA) is 63.5 Å². The number of rotatable bonds is 4. The third-order valence-corrected chi connectivity index (χ3v) is 2.45. The van der Waals surface area contributed by atoms with E-state index in [9.17, 15) is 23.7 Å². The fourth-order valence-electron chi connectivity index (χ4n) is 1.69. The lowest BCUT2D eigenvalue weighted by molar-refractivity contribution is -0.385. The van der Waals surface area contributed by atoms with Crippen LogP contribution in [0.3, 0.4) is 0 Å². The van der Waals surface area contributed by atoms with Crippen molar-refractivity contribution in [1.82, 2.24) is 4.90 Å². The van der Waals surface area contributed by atoms with Gasteiger partial charge >= 0.3 is 0 Å². The molecule has 0 fully saturated rings. The number of halogens is 2. The number of hydrogen-bond acceptors (Lipinski definition) is 3. The predicted octanol–water partition coefficient (Wildman–Crippen LogP) is 2.60. The standard InChI is InChI=1S/C12H14F2N2O3/c1-7(2)6-15(3)12(17)8-4-9(13)10(14)5-11(8)16(18)19/h4-5,7H,6H2,1-3H3. The molecule has 0 N–H and O–H groups in total. The summed E-state index contributed by atoms with van der Waals surface area (Å²) in [6.45, 7) is 4.09. The number of carbonyl (C=O) groups excluding carboxylic acids is 1. The third-order valence-electron chi connectivity index (χ3n) is 2.45. The van der Waals surface area contributed by atoms with E-state index in [1.807, 2.05) is 13.8 Å². The first-order valence-electron chi connectivity index (χ1n) is 5.63. The van der Waals surface area contributed by atoms with Gasteiger partial charge in [-0.1, -0.05) is 13.8 Å². The van der Waals surface area contributed by atoms with Gasteiger partial charge in [0.2, 0.25) is 0 Å². The van der Waals surface area contributed by atoms with Crippen molar-refractivity contribution in [3.8, 4) is 0 Å². The lowest BCUT2D eigenvalue weighted by atomic mass is 10.1. The van der Waals surface area contributed by atoms with Gasteiger partial charge in [-0.25, -0.2) is 8.78 Å². The zero-order valence-electron chi connectivity index (χ0n) is 10.8. The molecule has 1 aromatic carbocycles. The molecule has 1 aromatic rings. The van der Waals surface area contributed by atoms with Gasteiger partial charge in [0, 0.05) is 13.6 Å². The molecular formula is C12H14F2N2O3. The molecule has 0 unspecified atom stereocenters. The van der Waals surface area contributed by atoms with E-state index in [0.29, 0.717) is 18.7 Å². The molecule has 1 rings (SSSR count). The first-order chi connectivity index (χ1) is 8.73. The zero-order chi connectivity index (χ0) is 14.7. The smallest absolute Gasteiger partial charge is 0.285 e. The lowest BCUT2D eigenvalue weighted by Gasteiger charge is -2.19. The van der Waals surface area contributed by atoms with E-state index in [1.54, 1.807) is 0 Å². The van der Waals surface area contributed by atoms with Crippen LogP contribution >= 0.6 is 0 Å². The molecular weight excluding hydrogens is 258 g/mol. The maximum absolute atomic E-state index is 13.1. The quantitative estimate of drug-likeness (QED) is 0.625. The minimum atomic E-state index is -1.35. The molecule has 0 aliphatic carbocycles. The summed E-state index contributed by atoms with van der Waals surface area (Å²) in [6.07, 6.45) is 0. The van der Waals surface area contributed by atoms with E-state index < -0.39 is 33.7 Å². The molecule has 0 atom stereocenters. The lowest BCUT2D eigenvalue weighted by Crippen LogP contribution is -2.30. The van der Waals surface area contributed by atoms with Crippen LogP contribution < -0.4 is 0 Å². The molecule has 0 aromatic heterocycles. The summed E-state index contributed by atoms with van der Waals surface area (Å²) in [4.78, 5) is 23.1. The van der Waals surface area contributed by atoms with Gasteiger partial charge in [0.25, 0.3) is 11.6 Å². The Morgan fingerprint density at radius 2 is 1.89 bits per heavy atom. The number of amides is 1. The Kier molecular flexibility index (Phi) is 4.52. The second-order valence-electron chi connectivity index (χ2n) is 4.62. The van der Waals surface area contributed by atoms with Crippen LogP contribution in [-0.4, -0.2) is 29.3 Å². The Balaban J connectivity index is 3.21. The van der Waals surface area contributed by atoms with E-state index in [-0.39, 0.29) is 5.92 Å². The van der Waals surface area contributed by atoms with Gasteiger partial charge in [0.05, 0.1) is 11.0 Å². The second kappa shape index (κ2) is 5.73. The fourth-order valence-corrected chi connectivity index (χ4v) is 1.69. The molecule has 0 aliphatic heterocycles. The van der Waals surface area contributed by atoms with E-state index in [2.05, 4.69) is 0 Å². The van der Waals surface area contributed by atoms with E-state index >= 15 is 0 Å². The monoisotopic (exact) mass is 272 g/mol. The molecule has 0 aliphatic rings. The summed E-state index contributed by atoms with van der Waals surface area (Å²) in [5, 5.41) is 10.8. The van der Waals surface area contributed by atoms with Crippen molar-refractivity contribution < 1.29 is 18.5 Å². The van der Waals surface area contributed by atoms with Crippen LogP contribution in [-0.2, 0) is 0 Å². The largest absolute Gasteiger partial charge is 0.341 e. The first-order valence-corrected chi connectivity index (χ1v) is 5.63. The van der Waals surface area contributed by atoms with Crippen LogP contribution in [0.4, 0.5) is 14.5 Å². The van der Waals surface area contributed by atoms with E-state index in [1.165, 1.54) is 11.9 Å². The van der Waals surface area contributed by atoms with Crippen molar-refractivity contribution in [1.29, 1.82) is 0 Å². The van der Waals surface area contributed by atoms with Gasteiger partial charge < -0.3 is 4.90 Å². The maximum atomic E-state index is 13.1. The Labute approximate surface area is 109 Å². The van der Waals surface area contributed by atoms with Crippen LogP contribution in [0.1, 0.15) is 24.2 Å². The molecule has 0 saturated carbocycles. The van der Waals surface area contributed by atoms with Crippen LogP contribution in [0.15, 0.2) is 12.1 Å². The highest BCUT2D eigenvalue weighted by Crippen LogP contribution is 2.23. The van der Waals surface area contributed by atoms with Gasteiger partial charge in [0.1, 0.15) is 5.56 Å². The predicted molar refractivity (Wildman–Crippen MR) is 64.8 cm³/mol. The van der Waals surface area contributed by atoms with Crippen molar-refractivity contribution in [2.24, 2.45) is 5.92 Å². The molecule has 0 bridgehead atoms. The number of nitrogens with zero attached hydrogens (tertiary/aromatic N) is 2. The number of nitro groups is 1. The van der Waals surface area contributed by atoms with Crippen LogP contribution in [0.2, 0.25) is 0 Å². The molecule has 7 heteroatoms. The molecule has 5 nitrogen and oxygen atoms in total. The van der Waals surface area contributed by atoms with Crippen LogP contribution in [0, 0.1) is 27.7 Å². The Hall–Kier alpha value is -2.05. The summed E-state index contributed by atoms with van der Waals surface area (Å²) >= 11 is 0. The summed E-state index contributed by atoms with van der Waals surface area (Å²) in [7, 11) is 1.45. The summed E-state index contributed by atoms with van der Waals surface area (Å²) in [6, 6.07) is 0.985. The van der Waals surface area contributed by atoms with Gasteiger partial charge in [0.15, 0.2) is 11.6 Å². The second-order valence-corrected chi connectivity index (χ2v) is 4.62. The van der Waals surface area contributed by atoms with Crippen molar-refractivity contribution in [2.45, 2.75) is 13.8 Å². The highest BCUT2D eigenvalue weighted by Gasteiger charge is 2.26. The highest BCUT2D eigenvalue weighted by atomic mass is 19.2. The zero-order valence-corrected chi connectivity index (χ0v) is 10.8. The average molecular weight is 272 g/mol. The van der Waals surface area contributed by atoms with Crippen molar-refractivity contribution in [3.63, 3.8) is 0 Å². The number of carbonyl (C=O) groups is 1.